The Hall–Kier alpha value is -3.07. The van der Waals surface area contributed by atoms with E-state index in [9.17, 15) is 13.2 Å². The van der Waals surface area contributed by atoms with E-state index >= 15 is 0 Å². The molecule has 0 radical (unpaired) electrons. The molecule has 6 nitrogen and oxygen atoms in total. The van der Waals surface area contributed by atoms with Crippen molar-refractivity contribution in [1.29, 1.82) is 0 Å². The molecule has 4 aromatic rings. The van der Waals surface area contributed by atoms with E-state index in [1.165, 1.54) is 11.3 Å². The molecule has 1 aliphatic rings. The highest BCUT2D eigenvalue weighted by molar-refractivity contribution is 7.89. The first-order valence-electron chi connectivity index (χ1n) is 13.0. The zero-order valence-electron chi connectivity index (χ0n) is 22.2. The number of anilines is 1. The number of thiazole rings is 1. The van der Waals surface area contributed by atoms with E-state index in [1.807, 2.05) is 43.3 Å². The minimum absolute atomic E-state index is 0.216. The lowest BCUT2D eigenvalue weighted by atomic mass is 9.94. The smallest absolute Gasteiger partial charge is 0.260 e. The van der Waals surface area contributed by atoms with Crippen LogP contribution in [0, 0.1) is 25.7 Å². The number of sulfonamides is 1. The maximum absolute atomic E-state index is 13.9. The molecule has 1 fully saturated rings. The minimum atomic E-state index is -3.62. The van der Waals surface area contributed by atoms with E-state index < -0.39 is 10.0 Å². The number of hydrogen-bond acceptors (Lipinski definition) is 5. The summed E-state index contributed by atoms with van der Waals surface area (Å²) >= 11 is 1.50. The molecule has 2 atom stereocenters. The number of hydrogen-bond donors (Lipinski definition) is 0. The van der Waals surface area contributed by atoms with E-state index in [0.717, 1.165) is 33.3 Å². The summed E-state index contributed by atoms with van der Waals surface area (Å²) in [7, 11) is -3.62. The summed E-state index contributed by atoms with van der Waals surface area (Å²) in [4.78, 5) is 20.6. The van der Waals surface area contributed by atoms with E-state index in [-0.39, 0.29) is 10.8 Å². The molecule has 1 aromatic heterocycles. The molecule has 0 bridgehead atoms. The molecule has 5 rings (SSSR count). The van der Waals surface area contributed by atoms with Crippen molar-refractivity contribution in [3.8, 4) is 0 Å². The fourth-order valence-electron chi connectivity index (χ4n) is 5.35. The van der Waals surface area contributed by atoms with Gasteiger partial charge in [-0.15, -0.1) is 0 Å². The van der Waals surface area contributed by atoms with Crippen molar-refractivity contribution in [2.75, 3.05) is 18.0 Å². The third kappa shape index (κ3) is 5.39. The van der Waals surface area contributed by atoms with Crippen LogP contribution in [-0.2, 0) is 16.6 Å². The Labute approximate surface area is 229 Å². The molecule has 0 N–H and O–H groups in total. The maximum Gasteiger partial charge on any atom is 0.260 e. The number of carbonyl (C=O) groups excluding carboxylic acids is 1. The molecule has 1 saturated heterocycles. The Morgan fingerprint density at radius 1 is 1.00 bits per heavy atom. The summed E-state index contributed by atoms with van der Waals surface area (Å²) < 4.78 is 29.3. The van der Waals surface area contributed by atoms with Crippen LogP contribution in [0.25, 0.3) is 10.2 Å². The second-order valence-corrected chi connectivity index (χ2v) is 13.5. The zero-order valence-corrected chi connectivity index (χ0v) is 23.8. The minimum Gasteiger partial charge on any atom is -0.279 e. The predicted octanol–water partition coefficient (Wildman–Crippen LogP) is 6.43. The number of fused-ring (bicyclic) bond motifs is 1. The fourth-order valence-corrected chi connectivity index (χ4v) is 8.04. The Kier molecular flexibility index (Phi) is 7.40. The van der Waals surface area contributed by atoms with Crippen molar-refractivity contribution in [1.82, 2.24) is 9.29 Å². The molecule has 0 saturated carbocycles. The SMILES string of the molecule is Cc1cc(C)c2sc(N(Cc3ccccc3)C(=O)c3ccc(S(=O)(=O)N4CC(C)CC(C)C4)cc3)nc2c1. The van der Waals surface area contributed by atoms with Gasteiger partial charge in [0.1, 0.15) is 0 Å². The maximum atomic E-state index is 13.9. The standard InChI is InChI=1S/C30H33N3O3S2/c1-20-15-23(4)28-27(16-20)31-30(37-28)33(19-24-8-6-5-7-9-24)29(34)25-10-12-26(13-11-25)38(35,36)32-17-21(2)14-22(3)18-32/h5-13,15-16,21-22H,14,17-19H2,1-4H3. The van der Waals surface area contributed by atoms with Crippen LogP contribution in [0.1, 0.15) is 47.3 Å². The van der Waals surface area contributed by atoms with Crippen molar-refractivity contribution in [2.24, 2.45) is 11.8 Å². The third-order valence-corrected chi connectivity index (χ3v) is 10.1. The van der Waals surface area contributed by atoms with Gasteiger partial charge in [0.15, 0.2) is 5.13 Å². The van der Waals surface area contributed by atoms with Gasteiger partial charge >= 0.3 is 0 Å². The molecule has 1 amide bonds. The lowest BCUT2D eigenvalue weighted by molar-refractivity contribution is 0.0985. The van der Waals surface area contributed by atoms with Crippen molar-refractivity contribution in [3.05, 3.63) is 89.0 Å². The summed E-state index contributed by atoms with van der Waals surface area (Å²) in [6, 6.07) is 20.3. The molecule has 1 aliphatic heterocycles. The summed E-state index contributed by atoms with van der Waals surface area (Å²) in [5, 5.41) is 0.621. The van der Waals surface area contributed by atoms with E-state index in [1.54, 1.807) is 33.5 Å². The highest BCUT2D eigenvalue weighted by Gasteiger charge is 2.32. The molecule has 2 heterocycles. The van der Waals surface area contributed by atoms with Gasteiger partial charge in [-0.05, 0) is 79.1 Å². The lowest BCUT2D eigenvalue weighted by Crippen LogP contribution is -2.42. The monoisotopic (exact) mass is 547 g/mol. The van der Waals surface area contributed by atoms with Crippen LogP contribution in [0.5, 0.6) is 0 Å². The highest BCUT2D eigenvalue weighted by atomic mass is 32.2. The van der Waals surface area contributed by atoms with Gasteiger partial charge < -0.3 is 0 Å². The average molecular weight is 548 g/mol. The van der Waals surface area contributed by atoms with Crippen LogP contribution >= 0.6 is 11.3 Å². The second-order valence-electron chi connectivity index (χ2n) is 10.6. The molecule has 8 heteroatoms. The Morgan fingerprint density at radius 3 is 2.32 bits per heavy atom. The van der Waals surface area contributed by atoms with Gasteiger partial charge in [0.2, 0.25) is 10.0 Å². The normalized spacial score (nSPS) is 18.5. The van der Waals surface area contributed by atoms with Crippen LogP contribution in [0.2, 0.25) is 0 Å². The van der Waals surface area contributed by atoms with E-state index in [4.69, 9.17) is 4.98 Å². The van der Waals surface area contributed by atoms with Gasteiger partial charge in [-0.3, -0.25) is 9.69 Å². The quantitative estimate of drug-likeness (QED) is 0.279. The molecule has 38 heavy (non-hydrogen) atoms. The summed E-state index contributed by atoms with van der Waals surface area (Å²) in [5.74, 6) is 0.427. The van der Waals surface area contributed by atoms with Crippen molar-refractivity contribution in [2.45, 2.75) is 45.6 Å². The van der Waals surface area contributed by atoms with Crippen LogP contribution in [0.4, 0.5) is 5.13 Å². The number of aromatic nitrogens is 1. The van der Waals surface area contributed by atoms with Gasteiger partial charge in [-0.2, -0.15) is 4.31 Å². The number of rotatable bonds is 6. The van der Waals surface area contributed by atoms with E-state index in [2.05, 4.69) is 26.8 Å². The van der Waals surface area contributed by atoms with Crippen molar-refractivity contribution < 1.29 is 13.2 Å². The third-order valence-electron chi connectivity index (χ3n) is 7.04. The molecule has 0 spiro atoms. The lowest BCUT2D eigenvalue weighted by Gasteiger charge is -2.34. The van der Waals surface area contributed by atoms with Gasteiger partial charge in [0.05, 0.1) is 21.7 Å². The molecular formula is C30H33N3O3S2. The number of aryl methyl sites for hydroxylation is 2. The average Bonchev–Trinajstić information content (AvgIpc) is 3.31. The Morgan fingerprint density at radius 2 is 1.66 bits per heavy atom. The number of amides is 1. The highest BCUT2D eigenvalue weighted by Crippen LogP contribution is 2.34. The largest absolute Gasteiger partial charge is 0.279 e. The number of carbonyl (C=O) groups is 1. The van der Waals surface area contributed by atoms with Gasteiger partial charge in [-0.25, -0.2) is 13.4 Å². The van der Waals surface area contributed by atoms with Gasteiger partial charge in [-0.1, -0.05) is 61.6 Å². The van der Waals surface area contributed by atoms with Crippen LogP contribution in [-0.4, -0.2) is 36.7 Å². The first-order chi connectivity index (χ1) is 18.1. The van der Waals surface area contributed by atoms with Crippen molar-refractivity contribution >= 4 is 42.6 Å². The van der Waals surface area contributed by atoms with Gasteiger partial charge in [0, 0.05) is 18.7 Å². The van der Waals surface area contributed by atoms with E-state index in [0.29, 0.717) is 42.2 Å². The number of piperidine rings is 1. The summed E-state index contributed by atoms with van der Waals surface area (Å²) in [6.07, 6.45) is 1.03. The summed E-state index contributed by atoms with van der Waals surface area (Å²) in [5.41, 5.74) is 4.54. The molecular weight excluding hydrogens is 514 g/mol. The molecule has 198 valence electrons. The molecule has 2 unspecified atom stereocenters. The number of benzene rings is 3. The fraction of sp³-hybridized carbons (Fsp3) is 0.333. The first kappa shape index (κ1) is 26.5. The molecule has 0 aliphatic carbocycles. The number of nitrogens with zero attached hydrogens (tertiary/aromatic N) is 3. The van der Waals surface area contributed by atoms with Crippen LogP contribution in [0.15, 0.2) is 71.6 Å². The molecule has 3 aromatic carbocycles. The predicted molar refractivity (Wildman–Crippen MR) is 154 cm³/mol. The van der Waals surface area contributed by atoms with Crippen LogP contribution in [0.3, 0.4) is 0 Å². The Bertz CT molecular complexity index is 1550. The van der Waals surface area contributed by atoms with Crippen LogP contribution < -0.4 is 4.90 Å². The summed E-state index contributed by atoms with van der Waals surface area (Å²) in [6.45, 7) is 9.69. The Balaban J connectivity index is 1.47. The topological polar surface area (TPSA) is 70.6 Å². The first-order valence-corrected chi connectivity index (χ1v) is 15.2. The second kappa shape index (κ2) is 10.6. The zero-order chi connectivity index (χ0) is 27.0. The van der Waals surface area contributed by atoms with Crippen molar-refractivity contribution in [3.63, 3.8) is 0 Å². The van der Waals surface area contributed by atoms with Gasteiger partial charge in [0.25, 0.3) is 5.91 Å².